The van der Waals surface area contributed by atoms with Gasteiger partial charge in [-0.3, -0.25) is 4.90 Å². The first kappa shape index (κ1) is 15.3. The van der Waals surface area contributed by atoms with E-state index in [0.29, 0.717) is 0 Å². The minimum atomic E-state index is 0.718. The number of hydrogen-bond acceptors (Lipinski definition) is 3. The van der Waals surface area contributed by atoms with E-state index in [4.69, 9.17) is 0 Å². The summed E-state index contributed by atoms with van der Waals surface area (Å²) in [7, 11) is 0. The molecule has 3 nitrogen and oxygen atoms in total. The Balaban J connectivity index is 1.49. The summed E-state index contributed by atoms with van der Waals surface area (Å²) < 4.78 is 0. The van der Waals surface area contributed by atoms with E-state index in [1.807, 2.05) is 0 Å². The van der Waals surface area contributed by atoms with Gasteiger partial charge in [0.1, 0.15) is 0 Å². The van der Waals surface area contributed by atoms with Gasteiger partial charge >= 0.3 is 0 Å². The highest BCUT2D eigenvalue weighted by Gasteiger charge is 2.18. The fourth-order valence-electron chi connectivity index (χ4n) is 3.42. The van der Waals surface area contributed by atoms with E-state index in [0.717, 1.165) is 12.1 Å². The minimum Gasteiger partial charge on any atom is -0.314 e. The van der Waals surface area contributed by atoms with E-state index < -0.39 is 0 Å². The molecule has 1 saturated carbocycles. The van der Waals surface area contributed by atoms with Gasteiger partial charge in [-0.15, -0.1) is 0 Å². The zero-order valence-corrected chi connectivity index (χ0v) is 13.0. The van der Waals surface area contributed by atoms with Crippen molar-refractivity contribution >= 4 is 0 Å². The lowest BCUT2D eigenvalue weighted by Crippen LogP contribution is -2.49. The molecular formula is C16H33N3. The van der Waals surface area contributed by atoms with E-state index >= 15 is 0 Å². The number of piperazine rings is 1. The molecule has 0 radical (unpaired) electrons. The number of nitrogens with zero attached hydrogens (tertiary/aromatic N) is 2. The van der Waals surface area contributed by atoms with E-state index in [1.54, 1.807) is 0 Å². The molecule has 0 atom stereocenters. The Labute approximate surface area is 119 Å². The average Bonchev–Trinajstić information content (AvgIpc) is 2.45. The first-order valence-electron chi connectivity index (χ1n) is 8.45. The van der Waals surface area contributed by atoms with Crippen LogP contribution < -0.4 is 5.32 Å². The maximum atomic E-state index is 3.75. The molecule has 19 heavy (non-hydrogen) atoms. The van der Waals surface area contributed by atoms with Crippen molar-refractivity contribution in [3.8, 4) is 0 Å². The average molecular weight is 267 g/mol. The largest absolute Gasteiger partial charge is 0.314 e. The molecule has 1 saturated heterocycles. The van der Waals surface area contributed by atoms with E-state index in [9.17, 15) is 0 Å². The molecule has 0 amide bonds. The number of nitrogens with one attached hydrogen (secondary N) is 1. The third-order valence-electron chi connectivity index (χ3n) is 4.83. The van der Waals surface area contributed by atoms with Crippen LogP contribution in [0, 0.1) is 0 Å². The van der Waals surface area contributed by atoms with Gasteiger partial charge in [-0.05, 0) is 46.2 Å². The molecule has 0 aromatic rings. The van der Waals surface area contributed by atoms with Gasteiger partial charge < -0.3 is 10.2 Å². The van der Waals surface area contributed by atoms with Crippen LogP contribution in [0.25, 0.3) is 0 Å². The van der Waals surface area contributed by atoms with Crippen molar-refractivity contribution in [2.24, 2.45) is 0 Å². The molecule has 1 N–H and O–H groups in total. The van der Waals surface area contributed by atoms with Crippen molar-refractivity contribution < 1.29 is 0 Å². The second-order valence-corrected chi connectivity index (χ2v) is 6.61. The van der Waals surface area contributed by atoms with Gasteiger partial charge in [0.15, 0.2) is 0 Å². The molecule has 2 fully saturated rings. The third-order valence-corrected chi connectivity index (χ3v) is 4.83. The van der Waals surface area contributed by atoms with Crippen LogP contribution in [-0.2, 0) is 0 Å². The van der Waals surface area contributed by atoms with Crippen LogP contribution in [0.15, 0.2) is 0 Å². The van der Waals surface area contributed by atoms with Crippen molar-refractivity contribution in [3.63, 3.8) is 0 Å². The third kappa shape index (κ3) is 5.41. The molecule has 3 heteroatoms. The predicted octanol–water partition coefficient (Wildman–Crippen LogP) is 2.32. The van der Waals surface area contributed by atoms with Gasteiger partial charge in [0, 0.05) is 38.3 Å². The minimum absolute atomic E-state index is 0.718. The fraction of sp³-hybridized carbons (Fsp3) is 1.00. The smallest absolute Gasteiger partial charge is 0.0113 e. The summed E-state index contributed by atoms with van der Waals surface area (Å²) in [6.45, 7) is 12.2. The van der Waals surface area contributed by atoms with Crippen LogP contribution in [0.5, 0.6) is 0 Å². The standard InChI is InChI=1S/C16H33N3/c1-15(2)19-13-11-18(12-14-19)10-6-9-17-16-7-4-3-5-8-16/h15-17H,3-14H2,1-2H3. The highest BCUT2D eigenvalue weighted by Crippen LogP contribution is 2.17. The Bertz CT molecular complexity index is 228. The van der Waals surface area contributed by atoms with Crippen LogP contribution in [0.1, 0.15) is 52.4 Å². The Morgan fingerprint density at radius 3 is 2.32 bits per heavy atom. The maximum Gasteiger partial charge on any atom is 0.0113 e. The van der Waals surface area contributed by atoms with Crippen LogP contribution in [0.3, 0.4) is 0 Å². The Morgan fingerprint density at radius 1 is 1.00 bits per heavy atom. The highest BCUT2D eigenvalue weighted by molar-refractivity contribution is 4.75. The number of rotatable bonds is 6. The number of hydrogen-bond donors (Lipinski definition) is 1. The Hall–Kier alpha value is -0.120. The van der Waals surface area contributed by atoms with E-state index in [1.165, 1.54) is 77.8 Å². The molecule has 0 aromatic heterocycles. The van der Waals surface area contributed by atoms with Crippen molar-refractivity contribution in [3.05, 3.63) is 0 Å². The molecule has 1 aliphatic heterocycles. The second-order valence-electron chi connectivity index (χ2n) is 6.61. The molecule has 0 spiro atoms. The fourth-order valence-corrected chi connectivity index (χ4v) is 3.42. The summed E-state index contributed by atoms with van der Waals surface area (Å²) in [6, 6.07) is 1.54. The molecular weight excluding hydrogens is 234 g/mol. The van der Waals surface area contributed by atoms with Gasteiger partial charge in [-0.2, -0.15) is 0 Å². The summed E-state index contributed by atoms with van der Waals surface area (Å²) in [4.78, 5) is 5.23. The van der Waals surface area contributed by atoms with Crippen molar-refractivity contribution in [1.29, 1.82) is 0 Å². The lowest BCUT2D eigenvalue weighted by molar-refractivity contribution is 0.107. The normalized spacial score (nSPS) is 24.2. The first-order chi connectivity index (χ1) is 9.25. The topological polar surface area (TPSA) is 18.5 Å². The summed E-state index contributed by atoms with van der Waals surface area (Å²) in [5, 5.41) is 3.75. The molecule has 2 rings (SSSR count). The van der Waals surface area contributed by atoms with Crippen LogP contribution in [0.2, 0.25) is 0 Å². The van der Waals surface area contributed by atoms with E-state index in [2.05, 4.69) is 29.0 Å². The lowest BCUT2D eigenvalue weighted by Gasteiger charge is -2.37. The summed E-state index contributed by atoms with van der Waals surface area (Å²) in [5.41, 5.74) is 0. The van der Waals surface area contributed by atoms with Gasteiger partial charge in [-0.1, -0.05) is 19.3 Å². The van der Waals surface area contributed by atoms with Crippen molar-refractivity contribution in [1.82, 2.24) is 15.1 Å². The molecule has 0 aromatic carbocycles. The summed E-state index contributed by atoms with van der Waals surface area (Å²) in [6.07, 6.45) is 8.47. The quantitative estimate of drug-likeness (QED) is 0.745. The van der Waals surface area contributed by atoms with Crippen molar-refractivity contribution in [2.75, 3.05) is 39.3 Å². The molecule has 112 valence electrons. The SMILES string of the molecule is CC(C)N1CCN(CCCNC2CCCCC2)CC1. The van der Waals surface area contributed by atoms with Gasteiger partial charge in [0.05, 0.1) is 0 Å². The Kier molecular flexibility index (Phi) is 6.62. The van der Waals surface area contributed by atoms with Gasteiger partial charge in [0.25, 0.3) is 0 Å². The highest BCUT2D eigenvalue weighted by atomic mass is 15.3. The molecule has 2 aliphatic rings. The molecule has 1 heterocycles. The molecule has 0 bridgehead atoms. The van der Waals surface area contributed by atoms with Crippen LogP contribution in [0.4, 0.5) is 0 Å². The van der Waals surface area contributed by atoms with Crippen LogP contribution >= 0.6 is 0 Å². The van der Waals surface area contributed by atoms with Gasteiger partial charge in [-0.25, -0.2) is 0 Å². The zero-order chi connectivity index (χ0) is 13.5. The second kappa shape index (κ2) is 8.23. The molecule has 1 aliphatic carbocycles. The van der Waals surface area contributed by atoms with Crippen LogP contribution in [-0.4, -0.2) is 61.2 Å². The molecule has 0 unspecified atom stereocenters. The predicted molar refractivity (Wildman–Crippen MR) is 82.6 cm³/mol. The van der Waals surface area contributed by atoms with Gasteiger partial charge in [0.2, 0.25) is 0 Å². The Morgan fingerprint density at radius 2 is 1.68 bits per heavy atom. The van der Waals surface area contributed by atoms with E-state index in [-0.39, 0.29) is 0 Å². The van der Waals surface area contributed by atoms with Crippen molar-refractivity contribution in [2.45, 2.75) is 64.5 Å². The first-order valence-corrected chi connectivity index (χ1v) is 8.45. The zero-order valence-electron chi connectivity index (χ0n) is 13.0. The maximum absolute atomic E-state index is 3.75. The monoisotopic (exact) mass is 267 g/mol. The lowest BCUT2D eigenvalue weighted by atomic mass is 9.95. The summed E-state index contributed by atoms with van der Waals surface area (Å²) >= 11 is 0. The summed E-state index contributed by atoms with van der Waals surface area (Å²) in [5.74, 6) is 0.